The molecule has 6 aromatic carbocycles. The predicted molar refractivity (Wildman–Crippen MR) is 535 cm³/mol. The van der Waals surface area contributed by atoms with Gasteiger partial charge >= 0.3 is 21.1 Å². The van der Waals surface area contributed by atoms with E-state index < -0.39 is 27.4 Å². The molecular weight excluding hydrogens is 1990 g/mol. The fourth-order valence-corrected chi connectivity index (χ4v) is 13.3. The molecule has 6 saturated heterocycles. The second-order valence-corrected chi connectivity index (χ2v) is 35.7. The molecule has 0 saturated carbocycles. The number of aliphatic hydroxyl groups excluding tert-OH is 2. The van der Waals surface area contributed by atoms with Crippen LogP contribution >= 0.6 is 72.2 Å². The number of hydrogen-bond donors (Lipinski definition) is 7. The first-order valence-electron chi connectivity index (χ1n) is 42.1. The number of nitrogens with two attached hydrogens (primary N) is 3. The summed E-state index contributed by atoms with van der Waals surface area (Å²) in [7, 11) is 8.23. The third-order valence-corrected chi connectivity index (χ3v) is 22.9. The molecule has 36 nitrogen and oxygen atoms in total. The van der Waals surface area contributed by atoms with Gasteiger partial charge in [0.25, 0.3) is 0 Å². The molecule has 44 heteroatoms. The number of carbonyl (C=O) groups excluding carboxylic acids is 2. The van der Waals surface area contributed by atoms with Gasteiger partial charge in [-0.25, -0.2) is 45.7 Å². The molecule has 6 aliphatic rings. The largest absolute Gasteiger partial charge is 0.496 e. The minimum Gasteiger partial charge on any atom is -0.496 e. The maximum atomic E-state index is 10.9. The quantitative estimate of drug-likeness (QED) is 0.00987. The molecule has 0 unspecified atom stereocenters. The van der Waals surface area contributed by atoms with Crippen molar-refractivity contribution in [2.24, 2.45) is 22.4 Å². The van der Waals surface area contributed by atoms with Gasteiger partial charge in [0.15, 0.2) is 41.7 Å². The van der Waals surface area contributed by atoms with Crippen LogP contribution in [-0.4, -0.2) is 229 Å². The molecule has 16 rings (SSSR count). The summed E-state index contributed by atoms with van der Waals surface area (Å²) in [6.07, 6.45) is 21.8. The van der Waals surface area contributed by atoms with Crippen LogP contribution in [0.5, 0.6) is 34.5 Å². The number of aliphatic hydroxyl groups is 2. The van der Waals surface area contributed by atoms with Gasteiger partial charge in [0.2, 0.25) is 0 Å². The normalized spacial score (nSPS) is 16.4. The third-order valence-electron chi connectivity index (χ3n) is 21.3. The summed E-state index contributed by atoms with van der Waals surface area (Å²) in [5.74, 6) is 8.81. The Kier molecular flexibility index (Phi) is 46.0. The highest BCUT2D eigenvalue weighted by Gasteiger charge is 2.64. The molecule has 728 valence electrons. The van der Waals surface area contributed by atoms with Gasteiger partial charge in [-0.2, -0.15) is 5.10 Å². The van der Waals surface area contributed by atoms with Crippen LogP contribution in [0.2, 0.25) is 0 Å². The van der Waals surface area contributed by atoms with Crippen molar-refractivity contribution in [3.8, 4) is 67.9 Å². The van der Waals surface area contributed by atoms with Crippen LogP contribution in [0, 0.1) is 0 Å². The first kappa shape index (κ1) is 113. The van der Waals surface area contributed by atoms with E-state index in [1.54, 1.807) is 108 Å². The Balaban J connectivity index is 0.000000212. The zero-order valence-corrected chi connectivity index (χ0v) is 85.3. The van der Waals surface area contributed by atoms with Gasteiger partial charge in [-0.1, -0.05) is 62.2 Å². The number of ether oxygens (including phenoxy) is 12. The van der Waals surface area contributed by atoms with E-state index in [0.29, 0.717) is 68.0 Å². The number of aromatic nitrogens is 8. The molecule has 0 spiro atoms. The standard InChI is InChI=1S/C16H23BO5.C14H14N2O3.C13H13N5OS.C12H24B2O4.C12H10N2O2.C10H11BrO3.C8H7BrO2.C4H3BrN2.C2H6O2.CH5N3S/c1-15(2)16(3,4)22-17(21-15)11-6-7-13(18-5)12(10-11)14-19-8-9-20-14;1-17-13-3-2-10(11-7-15-9-16-8-11)6-12(13)14-18-4-5-19-14;1-19-12-3-2-9(11-5-15-8-16-6-11)4-10(12)7-17-18-13(14)20;1-9(2)10(3,4)16-13(15-9)14-17-11(5,6)12(7,8)18-14;1-16-12-3-2-9(4-10(12)7-15)11-5-13-8-14-6-11;1-12-9-3-2-7(11)6-8(9)10-13-4-5-14-10;1-11-8-3-2-7(9)4-6(8)5-10;5-4-1-6-3-7-2-4;3-1-2-4;2-1(5)4-3/h6-7,10,14H,8-9H2,1-5H3;2-3,6-9,14H,4-5H2,1H3;2-8H,1H3,(H3,14,18,20);1-8H3;2-8H,1H3;2-3,6,10H,4-5H2,1H3;2-5H,1H3;1-3H;3-4H,1-2H2;3H2,(H3,2,4,5)/b;;17-7+;;;;;;;. The van der Waals surface area contributed by atoms with Gasteiger partial charge in [-0.05, 0) is 224 Å². The fraction of sp³-hybridized carbons (Fsp3) is 0.380. The summed E-state index contributed by atoms with van der Waals surface area (Å²) in [6, 6.07) is 33.8. The van der Waals surface area contributed by atoms with Gasteiger partial charge < -0.3 is 112 Å². The summed E-state index contributed by atoms with van der Waals surface area (Å²) < 4.78 is 103. The second kappa shape index (κ2) is 55.5. The van der Waals surface area contributed by atoms with E-state index in [1.165, 1.54) is 39.5 Å². The van der Waals surface area contributed by atoms with Crippen LogP contribution in [-0.2, 0) is 56.3 Å². The minimum atomic E-state index is -0.476. The smallest absolute Gasteiger partial charge is 0.494 e. The van der Waals surface area contributed by atoms with E-state index in [-0.39, 0.29) is 69.6 Å². The van der Waals surface area contributed by atoms with Gasteiger partial charge in [-0.15, -0.1) is 0 Å². The summed E-state index contributed by atoms with van der Waals surface area (Å²) >= 11 is 18.8. The Morgan fingerprint density at radius 1 is 0.397 bits per heavy atom. The van der Waals surface area contributed by atoms with Crippen molar-refractivity contribution in [3.63, 3.8) is 0 Å². The van der Waals surface area contributed by atoms with Crippen molar-refractivity contribution in [2.45, 2.75) is 136 Å². The maximum Gasteiger partial charge on any atom is 0.494 e. The number of hydrogen-bond acceptors (Lipinski definition) is 34. The molecule has 10 N–H and O–H groups in total. The molecule has 0 bridgehead atoms. The Morgan fingerprint density at radius 2 is 0.684 bits per heavy atom. The average molecular weight is 2110 g/mol. The highest BCUT2D eigenvalue weighted by atomic mass is 79.9. The van der Waals surface area contributed by atoms with E-state index in [9.17, 15) is 9.59 Å². The number of nitrogens with zero attached hydrogens (tertiary/aromatic N) is 9. The molecule has 0 amide bonds. The molecule has 6 fully saturated rings. The number of thiocarbonyl (C=S) groups is 2. The number of carbonyl (C=O) groups is 2. The fourth-order valence-electron chi connectivity index (χ4n) is 12.3. The summed E-state index contributed by atoms with van der Waals surface area (Å²) in [4.78, 5) is 52.7. The minimum absolute atomic E-state index is 0.104. The van der Waals surface area contributed by atoms with Crippen molar-refractivity contribution >= 4 is 128 Å². The lowest BCUT2D eigenvalue weighted by molar-refractivity contribution is -0.0457. The van der Waals surface area contributed by atoms with Crippen molar-refractivity contribution in [2.75, 3.05) is 95.5 Å². The lowest BCUT2D eigenvalue weighted by Gasteiger charge is -2.32. The zero-order chi connectivity index (χ0) is 99.8. The third kappa shape index (κ3) is 33.9. The molecule has 4 aromatic heterocycles. The van der Waals surface area contributed by atoms with Crippen LogP contribution in [0.4, 0.5) is 0 Å². The Hall–Kier alpha value is -10.1. The Bertz CT molecular complexity index is 5330. The molecule has 0 aliphatic carbocycles. The zero-order valence-electron chi connectivity index (χ0n) is 78.9. The van der Waals surface area contributed by atoms with Gasteiger partial charge in [-0.3, -0.25) is 15.0 Å². The topological polar surface area (TPSA) is 458 Å². The van der Waals surface area contributed by atoms with Gasteiger partial charge in [0.1, 0.15) is 59.8 Å². The van der Waals surface area contributed by atoms with Crippen molar-refractivity contribution in [1.29, 1.82) is 0 Å². The highest BCUT2D eigenvalue weighted by Crippen LogP contribution is 2.45. The summed E-state index contributed by atoms with van der Waals surface area (Å²) in [6.45, 7) is 27.8. The molecule has 6 aliphatic heterocycles. The number of hydrazone groups is 1. The SMILES string of the molecule is Brc1cncnc1.CC1(C)OB(B2OC(C)(C)C(C)(C)O2)OC1(C)C.COc1ccc(-c2cncnc2)cc1/C=N/NC(N)=S.COc1ccc(-c2cncnc2)cc1C1OCCO1.COc1ccc(-c2cncnc2)cc1C=O.COc1ccc(B2OC(C)(C)C(C)(C)O2)cc1C1OCCO1.COc1ccc(Br)cc1C1OCCO1.COc1ccc(Br)cc1C=O.NNC(N)=S.OCCO. The van der Waals surface area contributed by atoms with Crippen LogP contribution in [0.15, 0.2) is 203 Å². The number of halogens is 3. The van der Waals surface area contributed by atoms with Crippen LogP contribution < -0.4 is 62.0 Å². The molecule has 10 heterocycles. The van der Waals surface area contributed by atoms with Gasteiger partial charge in [0, 0.05) is 86.3 Å². The van der Waals surface area contributed by atoms with Crippen LogP contribution in [0.25, 0.3) is 33.4 Å². The number of aldehydes is 2. The number of rotatable bonds is 19. The van der Waals surface area contributed by atoms with Crippen molar-refractivity contribution in [3.05, 3.63) is 231 Å². The van der Waals surface area contributed by atoms with Gasteiger partial charge in [0.05, 0.1) is 162 Å². The van der Waals surface area contributed by atoms with Crippen molar-refractivity contribution < 1.29 is 105 Å². The number of hydrazine groups is 1. The molecular formula is C92H116B3Br3N14O22S2. The average Bonchev–Trinajstić information content (AvgIpc) is 1.59. The van der Waals surface area contributed by atoms with E-state index in [0.717, 1.165) is 104 Å². The van der Waals surface area contributed by atoms with E-state index in [4.69, 9.17) is 106 Å². The van der Waals surface area contributed by atoms with E-state index in [1.807, 2.05) is 173 Å². The Morgan fingerprint density at radius 3 is 1.01 bits per heavy atom. The van der Waals surface area contributed by atoms with Crippen LogP contribution in [0.1, 0.15) is 145 Å². The molecule has 0 atom stereocenters. The summed E-state index contributed by atoms with van der Waals surface area (Å²) in [5.41, 5.74) is 23.5. The molecule has 136 heavy (non-hydrogen) atoms. The number of nitrogens with one attached hydrogen (secondary N) is 2. The molecule has 10 aromatic rings. The summed E-state index contributed by atoms with van der Waals surface area (Å²) in [5, 5.41) is 19.4. The lowest BCUT2D eigenvalue weighted by atomic mass is 9.49. The van der Waals surface area contributed by atoms with Crippen LogP contribution in [0.3, 0.4) is 0 Å². The van der Waals surface area contributed by atoms with E-state index in [2.05, 4.69) is 128 Å². The van der Waals surface area contributed by atoms with Crippen molar-refractivity contribution in [1.82, 2.24) is 50.7 Å². The maximum absolute atomic E-state index is 10.9. The first-order valence-corrected chi connectivity index (χ1v) is 45.3. The lowest BCUT2D eigenvalue weighted by Crippen LogP contribution is -2.41. The highest BCUT2D eigenvalue weighted by molar-refractivity contribution is 9.11. The Labute approximate surface area is 829 Å². The number of benzene rings is 6. The van der Waals surface area contributed by atoms with E-state index >= 15 is 0 Å². The number of methoxy groups -OCH3 is 6. The monoisotopic (exact) mass is 2100 g/mol. The second-order valence-electron chi connectivity index (χ2n) is 32.1. The predicted octanol–water partition coefficient (Wildman–Crippen LogP) is 13.4. The first-order chi connectivity index (χ1) is 64.8. The molecule has 0 radical (unpaired) electrons.